The van der Waals surface area contributed by atoms with Gasteiger partial charge in [0.05, 0.1) is 19.0 Å². The minimum atomic E-state index is -1.04. The van der Waals surface area contributed by atoms with E-state index in [4.69, 9.17) is 12.0 Å². The molecule has 1 aromatic heterocycles. The third-order valence-electron chi connectivity index (χ3n) is 1.61. The van der Waals surface area contributed by atoms with E-state index in [1.807, 2.05) is 0 Å². The second-order valence-corrected chi connectivity index (χ2v) is 3.64. The van der Waals surface area contributed by atoms with Gasteiger partial charge in [0.15, 0.2) is 0 Å². The van der Waals surface area contributed by atoms with Gasteiger partial charge in [0, 0.05) is 10.9 Å². The molecule has 0 radical (unpaired) electrons. The van der Waals surface area contributed by atoms with Crippen LogP contribution in [-0.2, 0) is 11.2 Å². The van der Waals surface area contributed by atoms with Crippen LogP contribution in [0, 0.1) is 0 Å². The highest BCUT2D eigenvalue weighted by molar-refractivity contribution is 7.10. The van der Waals surface area contributed by atoms with Crippen molar-refractivity contribution in [3.8, 4) is 11.3 Å². The molecule has 3 nitrogen and oxygen atoms in total. The highest BCUT2D eigenvalue weighted by atomic mass is 32.1. The second-order valence-electron chi connectivity index (χ2n) is 2.70. The molecular weight excluding hydrogens is 210 g/mol. The van der Waals surface area contributed by atoms with Crippen LogP contribution in [0.4, 0.5) is 0 Å². The summed E-state index contributed by atoms with van der Waals surface area (Å²) in [6.45, 7) is 0. The molecule has 0 saturated heterocycles. The van der Waals surface area contributed by atoms with E-state index in [0.717, 1.165) is 11.3 Å². The third-order valence-corrected chi connectivity index (χ3v) is 2.46. The first-order valence-corrected chi connectivity index (χ1v) is 4.94. The van der Waals surface area contributed by atoms with Crippen LogP contribution in [0.15, 0.2) is 35.6 Å². The van der Waals surface area contributed by atoms with Gasteiger partial charge >= 0.3 is 5.97 Å². The molecule has 2 rings (SSSR count). The fourth-order valence-electron chi connectivity index (χ4n) is 1.01. The molecule has 0 aliphatic rings. The van der Waals surface area contributed by atoms with E-state index < -0.39 is 24.1 Å². The van der Waals surface area contributed by atoms with Gasteiger partial charge in [0.2, 0.25) is 0 Å². The summed E-state index contributed by atoms with van der Waals surface area (Å²) in [4.78, 5) is 14.6. The first kappa shape index (κ1) is 5.42. The van der Waals surface area contributed by atoms with Crippen molar-refractivity contribution < 1.29 is 16.8 Å². The number of carbonyl (C=O) groups is 1. The van der Waals surface area contributed by atoms with Crippen molar-refractivity contribution in [2.75, 3.05) is 0 Å². The topological polar surface area (TPSA) is 50.2 Å². The highest BCUT2D eigenvalue weighted by Crippen LogP contribution is 2.21. The number of hydrogen-bond donors (Lipinski definition) is 1. The van der Waals surface area contributed by atoms with Gasteiger partial charge in [0.1, 0.15) is 5.01 Å². The summed E-state index contributed by atoms with van der Waals surface area (Å²) >= 11 is 1.08. The number of carboxylic acid groups (broad SMARTS) is 1. The number of rotatable bonds is 3. The third kappa shape index (κ3) is 2.41. The van der Waals surface area contributed by atoms with Gasteiger partial charge in [-0.15, -0.1) is 11.3 Å². The predicted octanol–water partition coefficient (Wildman–Crippen LogP) is 2.44. The molecule has 2 aromatic rings. The van der Waals surface area contributed by atoms with Crippen molar-refractivity contribution in [1.82, 2.24) is 4.98 Å². The Bertz CT molecular complexity index is 671. The van der Waals surface area contributed by atoms with Crippen LogP contribution >= 0.6 is 11.3 Å². The zero-order valence-electron chi connectivity index (χ0n) is 12.5. The smallest absolute Gasteiger partial charge is 0.310 e. The lowest BCUT2D eigenvalue weighted by atomic mass is 10.2. The average molecular weight is 224 g/mol. The fraction of sp³-hybridized carbons (Fsp3) is 0.0909. The molecule has 0 aliphatic heterocycles. The zero-order valence-corrected chi connectivity index (χ0v) is 8.31. The Hall–Kier alpha value is -1.68. The Labute approximate surface area is 98.1 Å². The molecule has 0 fully saturated rings. The Morgan fingerprint density at radius 2 is 2.20 bits per heavy atom. The molecular formula is C11H9NO2S. The summed E-state index contributed by atoms with van der Waals surface area (Å²) in [5.41, 5.74) is 0.187. The number of hydrogen-bond acceptors (Lipinski definition) is 3. The summed E-state index contributed by atoms with van der Waals surface area (Å²) < 4.78 is 38.3. The molecule has 0 bridgehead atoms. The van der Waals surface area contributed by atoms with Crippen molar-refractivity contribution in [3.63, 3.8) is 0 Å². The Kier molecular flexibility index (Phi) is 1.53. The highest BCUT2D eigenvalue weighted by Gasteiger charge is 2.06. The lowest BCUT2D eigenvalue weighted by molar-refractivity contribution is -0.136. The number of aromatic nitrogens is 1. The van der Waals surface area contributed by atoms with E-state index in [0.29, 0.717) is 5.01 Å². The van der Waals surface area contributed by atoms with E-state index in [9.17, 15) is 4.79 Å². The maximum atomic E-state index is 10.6. The van der Waals surface area contributed by atoms with Crippen molar-refractivity contribution in [2.45, 2.75) is 6.42 Å². The van der Waals surface area contributed by atoms with Crippen LogP contribution in [0.1, 0.15) is 11.9 Å². The molecule has 0 aliphatic carbocycles. The van der Waals surface area contributed by atoms with Gasteiger partial charge in [-0.05, 0) is 0 Å². The second kappa shape index (κ2) is 4.23. The van der Waals surface area contributed by atoms with Gasteiger partial charge in [-0.25, -0.2) is 4.98 Å². The Morgan fingerprint density at radius 3 is 2.87 bits per heavy atom. The molecule has 76 valence electrons. The average Bonchev–Trinajstić information content (AvgIpc) is 2.81. The molecule has 4 heteroatoms. The number of benzene rings is 1. The molecule has 0 unspecified atom stereocenters. The normalized spacial score (nSPS) is 14.8. The maximum absolute atomic E-state index is 10.6. The molecule has 0 spiro atoms. The molecule has 1 aromatic carbocycles. The molecule has 15 heavy (non-hydrogen) atoms. The maximum Gasteiger partial charge on any atom is 0.310 e. The number of aliphatic carboxylic acids is 1. The van der Waals surface area contributed by atoms with Crippen LogP contribution in [0.5, 0.6) is 0 Å². The molecule has 0 atom stereocenters. The Balaban J connectivity index is 2.58. The van der Waals surface area contributed by atoms with E-state index in [2.05, 4.69) is 4.98 Å². The molecule has 1 N–H and O–H groups in total. The SMILES string of the molecule is [2H]c1c([2H])c([2H])c(-c2csc(CC(=O)O)n2)c([2H])c1[2H]. The lowest BCUT2D eigenvalue weighted by Gasteiger charge is -1.93. The summed E-state index contributed by atoms with van der Waals surface area (Å²) in [7, 11) is 0. The van der Waals surface area contributed by atoms with Crippen LogP contribution in [-0.4, -0.2) is 16.1 Å². The van der Waals surface area contributed by atoms with Crippen molar-refractivity contribution >= 4 is 17.3 Å². The van der Waals surface area contributed by atoms with Crippen LogP contribution < -0.4 is 0 Å². The summed E-state index contributed by atoms with van der Waals surface area (Å²) in [5.74, 6) is -1.04. The quantitative estimate of drug-likeness (QED) is 0.871. The van der Waals surface area contributed by atoms with Crippen molar-refractivity contribution in [2.24, 2.45) is 0 Å². The first-order chi connectivity index (χ1) is 9.32. The van der Waals surface area contributed by atoms with Crippen LogP contribution in [0.3, 0.4) is 0 Å². The van der Waals surface area contributed by atoms with Crippen LogP contribution in [0.2, 0.25) is 0 Å². The summed E-state index contributed by atoms with van der Waals surface area (Å²) in [6, 6.07) is -2.03. The zero-order chi connectivity index (χ0) is 15.0. The van der Waals surface area contributed by atoms with E-state index in [1.165, 1.54) is 5.38 Å². The van der Waals surface area contributed by atoms with Crippen LogP contribution in [0.25, 0.3) is 11.3 Å². The predicted molar refractivity (Wildman–Crippen MR) is 58.9 cm³/mol. The van der Waals surface area contributed by atoms with Crippen molar-refractivity contribution in [3.05, 3.63) is 40.6 Å². The molecule has 1 heterocycles. The summed E-state index contributed by atoms with van der Waals surface area (Å²) in [6.07, 6.45) is -0.261. The molecule has 0 saturated carbocycles. The molecule has 0 amide bonds. The minimum Gasteiger partial charge on any atom is -0.481 e. The van der Waals surface area contributed by atoms with Gasteiger partial charge in [-0.1, -0.05) is 30.2 Å². The standard InChI is InChI=1S/C11H9NO2S/c13-11(14)6-10-12-9(7-15-10)8-4-2-1-3-5-8/h1-5,7H,6H2,(H,13,14)/i1D,2D,3D,4D,5D. The monoisotopic (exact) mass is 224 g/mol. The summed E-state index contributed by atoms with van der Waals surface area (Å²) in [5, 5.41) is 10.5. The minimum absolute atomic E-state index is 0.0103. The van der Waals surface area contributed by atoms with Gasteiger partial charge in [-0.3, -0.25) is 4.79 Å². The van der Waals surface area contributed by atoms with E-state index in [-0.39, 0.29) is 29.8 Å². The number of carboxylic acids is 1. The number of thiazole rings is 1. The van der Waals surface area contributed by atoms with Gasteiger partial charge < -0.3 is 5.11 Å². The lowest BCUT2D eigenvalue weighted by Crippen LogP contribution is -1.99. The first-order valence-electron chi connectivity index (χ1n) is 6.56. The Morgan fingerprint density at radius 1 is 1.47 bits per heavy atom. The van der Waals surface area contributed by atoms with Crippen molar-refractivity contribution in [1.29, 1.82) is 0 Å². The van der Waals surface area contributed by atoms with Gasteiger partial charge in [-0.2, -0.15) is 0 Å². The number of nitrogens with zero attached hydrogens (tertiary/aromatic N) is 1. The van der Waals surface area contributed by atoms with E-state index >= 15 is 0 Å². The van der Waals surface area contributed by atoms with E-state index in [1.54, 1.807) is 0 Å². The van der Waals surface area contributed by atoms with Gasteiger partial charge in [0.25, 0.3) is 0 Å². The largest absolute Gasteiger partial charge is 0.481 e. The fourth-order valence-corrected chi connectivity index (χ4v) is 1.79.